The number of rotatable bonds is 8. The molecule has 1 unspecified atom stereocenters. The zero-order valence-electron chi connectivity index (χ0n) is 20.8. The minimum absolute atomic E-state index is 0. The van der Waals surface area contributed by atoms with E-state index in [-0.39, 0.29) is 48.1 Å². The molecule has 196 valence electrons. The van der Waals surface area contributed by atoms with Crippen LogP contribution in [-0.4, -0.2) is 52.8 Å². The van der Waals surface area contributed by atoms with Gasteiger partial charge in [0.05, 0.1) is 11.5 Å². The largest absolute Gasteiger partial charge is 0.349 e. The smallest absolute Gasteiger partial charge is 0.229 e. The summed E-state index contributed by atoms with van der Waals surface area (Å²) in [6, 6.07) is 14.4. The number of carbonyl (C=O) groups is 2. The third-order valence-corrected chi connectivity index (χ3v) is 8.24. The molecule has 6 nitrogen and oxygen atoms in total. The van der Waals surface area contributed by atoms with E-state index >= 15 is 0 Å². The Morgan fingerprint density at radius 2 is 1.75 bits per heavy atom. The van der Waals surface area contributed by atoms with Crippen molar-refractivity contribution in [3.8, 4) is 0 Å². The number of benzene rings is 1. The van der Waals surface area contributed by atoms with Crippen molar-refractivity contribution in [2.24, 2.45) is 11.3 Å². The van der Waals surface area contributed by atoms with Gasteiger partial charge < -0.3 is 15.1 Å². The quantitative estimate of drug-likeness (QED) is 0.530. The average Bonchev–Trinajstić information content (AvgIpc) is 3.12. The summed E-state index contributed by atoms with van der Waals surface area (Å²) in [5, 5.41) is 3.33. The molecule has 1 aromatic carbocycles. The van der Waals surface area contributed by atoms with Crippen molar-refractivity contribution >= 4 is 36.6 Å². The van der Waals surface area contributed by atoms with Gasteiger partial charge in [0.1, 0.15) is 0 Å². The molecule has 1 spiro atoms. The first-order valence-electron chi connectivity index (χ1n) is 12.9. The molecule has 1 saturated carbocycles. The molecule has 2 aromatic rings. The predicted molar refractivity (Wildman–Crippen MR) is 146 cm³/mol. The zero-order chi connectivity index (χ0) is 23.4. The number of nitrogens with one attached hydrogen (secondary N) is 1. The van der Waals surface area contributed by atoms with Crippen molar-refractivity contribution in [3.63, 3.8) is 0 Å². The predicted octanol–water partition coefficient (Wildman–Crippen LogP) is 4.79. The minimum atomic E-state index is -0.185. The molecule has 3 heterocycles. The van der Waals surface area contributed by atoms with Gasteiger partial charge >= 0.3 is 0 Å². The molecular formula is C28H38Cl2N4O2. The average molecular weight is 534 g/mol. The van der Waals surface area contributed by atoms with Crippen LogP contribution >= 0.6 is 24.8 Å². The van der Waals surface area contributed by atoms with Gasteiger partial charge in [-0.1, -0.05) is 42.8 Å². The Morgan fingerprint density at radius 3 is 2.39 bits per heavy atom. The van der Waals surface area contributed by atoms with Crippen molar-refractivity contribution in [1.82, 2.24) is 20.1 Å². The Balaban J connectivity index is 0.00000180. The minimum Gasteiger partial charge on any atom is -0.349 e. The Bertz CT molecular complexity index is 980. The second-order valence-corrected chi connectivity index (χ2v) is 10.3. The van der Waals surface area contributed by atoms with Gasteiger partial charge in [-0.25, -0.2) is 0 Å². The van der Waals surface area contributed by atoms with Gasteiger partial charge in [-0.2, -0.15) is 0 Å². The summed E-state index contributed by atoms with van der Waals surface area (Å²) >= 11 is 0. The molecule has 0 radical (unpaired) electrons. The van der Waals surface area contributed by atoms with Crippen LogP contribution in [0.2, 0.25) is 0 Å². The third-order valence-electron chi connectivity index (χ3n) is 8.24. The Morgan fingerprint density at radius 1 is 1.03 bits per heavy atom. The van der Waals surface area contributed by atoms with Crippen LogP contribution in [0.25, 0.3) is 0 Å². The topological polar surface area (TPSA) is 65.5 Å². The molecular weight excluding hydrogens is 495 g/mol. The fourth-order valence-electron chi connectivity index (χ4n) is 5.70. The van der Waals surface area contributed by atoms with E-state index in [2.05, 4.69) is 27.3 Å². The Labute approximate surface area is 227 Å². The maximum Gasteiger partial charge on any atom is 0.229 e. The second kappa shape index (κ2) is 12.9. The van der Waals surface area contributed by atoms with E-state index in [1.807, 2.05) is 41.4 Å². The van der Waals surface area contributed by atoms with Crippen LogP contribution in [0.4, 0.5) is 0 Å². The molecule has 2 saturated heterocycles. The molecule has 1 N–H and O–H groups in total. The lowest BCUT2D eigenvalue weighted by molar-refractivity contribution is -0.139. The van der Waals surface area contributed by atoms with Crippen LogP contribution in [0.15, 0.2) is 54.9 Å². The highest BCUT2D eigenvalue weighted by Gasteiger charge is 2.47. The summed E-state index contributed by atoms with van der Waals surface area (Å²) in [7, 11) is 0. The van der Waals surface area contributed by atoms with E-state index in [1.54, 1.807) is 6.20 Å². The number of aromatic nitrogens is 1. The molecule has 2 amide bonds. The lowest BCUT2D eigenvalue weighted by Crippen LogP contribution is -2.45. The summed E-state index contributed by atoms with van der Waals surface area (Å²) in [6.07, 6.45) is 10.6. The summed E-state index contributed by atoms with van der Waals surface area (Å²) in [5.74, 6) is 0.734. The van der Waals surface area contributed by atoms with Crippen molar-refractivity contribution in [1.29, 1.82) is 0 Å². The van der Waals surface area contributed by atoms with E-state index in [9.17, 15) is 9.59 Å². The lowest BCUT2D eigenvalue weighted by atomic mass is 9.77. The zero-order valence-corrected chi connectivity index (χ0v) is 22.4. The highest BCUT2D eigenvalue weighted by molar-refractivity contribution is 5.86. The summed E-state index contributed by atoms with van der Waals surface area (Å²) in [5.41, 5.74) is 2.09. The molecule has 0 bridgehead atoms. The highest BCUT2D eigenvalue weighted by Crippen LogP contribution is 2.42. The van der Waals surface area contributed by atoms with Crippen molar-refractivity contribution in [3.05, 3.63) is 66.0 Å². The van der Waals surface area contributed by atoms with Gasteiger partial charge in [0.15, 0.2) is 0 Å². The molecule has 2 aliphatic heterocycles. The maximum atomic E-state index is 13.3. The van der Waals surface area contributed by atoms with Crippen molar-refractivity contribution in [2.75, 3.05) is 26.2 Å². The van der Waals surface area contributed by atoms with Crippen LogP contribution in [0.1, 0.15) is 62.1 Å². The SMILES string of the molecule is Cl.Cl.O=C(NC(CCN1CCC2(CC1)CCN(Cc1cccnc1)C2=O)c1ccccc1)C1CCC1. The number of amides is 2. The number of hydrogen-bond acceptors (Lipinski definition) is 4. The monoisotopic (exact) mass is 532 g/mol. The van der Waals surface area contributed by atoms with Gasteiger partial charge in [0.2, 0.25) is 11.8 Å². The van der Waals surface area contributed by atoms with Crippen LogP contribution in [0, 0.1) is 11.3 Å². The van der Waals surface area contributed by atoms with Gasteiger partial charge in [-0.3, -0.25) is 14.6 Å². The van der Waals surface area contributed by atoms with Crippen LogP contribution < -0.4 is 5.32 Å². The number of carbonyl (C=O) groups excluding carboxylic acids is 2. The molecule has 3 fully saturated rings. The van der Waals surface area contributed by atoms with Crippen LogP contribution in [0.5, 0.6) is 0 Å². The Kier molecular flexibility index (Phi) is 10.2. The van der Waals surface area contributed by atoms with Crippen molar-refractivity contribution in [2.45, 2.75) is 57.5 Å². The van der Waals surface area contributed by atoms with Gasteiger partial charge in [0.25, 0.3) is 0 Å². The highest BCUT2D eigenvalue weighted by atomic mass is 35.5. The number of pyridine rings is 1. The molecule has 3 aliphatic rings. The summed E-state index contributed by atoms with van der Waals surface area (Å²) in [4.78, 5) is 34.6. The molecule has 1 aliphatic carbocycles. The maximum absolute atomic E-state index is 13.3. The van der Waals surface area contributed by atoms with Gasteiger partial charge in [-0.15, -0.1) is 24.8 Å². The van der Waals surface area contributed by atoms with E-state index in [0.29, 0.717) is 12.5 Å². The standard InChI is InChI=1S/C28H36N4O2.2ClH/c33-26(24-9-4-10-24)30-25(23-7-2-1-3-8-23)11-16-31-17-12-28(13-18-31)14-19-32(27(28)34)21-22-6-5-15-29-20-22;;/h1-3,5-8,15,20,24-25H,4,9-14,16-19,21H2,(H,30,33);2*1H. The first-order valence-corrected chi connectivity index (χ1v) is 12.9. The lowest BCUT2D eigenvalue weighted by Gasteiger charge is -2.38. The van der Waals surface area contributed by atoms with Gasteiger partial charge in [-0.05, 0) is 68.8 Å². The summed E-state index contributed by atoms with van der Waals surface area (Å²) in [6.45, 7) is 4.35. The molecule has 1 atom stereocenters. The van der Waals surface area contributed by atoms with Crippen molar-refractivity contribution < 1.29 is 9.59 Å². The second-order valence-electron chi connectivity index (χ2n) is 10.3. The van der Waals surface area contributed by atoms with Crippen LogP contribution in [0.3, 0.4) is 0 Å². The van der Waals surface area contributed by atoms with E-state index < -0.39 is 0 Å². The van der Waals surface area contributed by atoms with E-state index in [1.165, 1.54) is 12.0 Å². The first-order chi connectivity index (χ1) is 16.6. The number of hydrogen-bond donors (Lipinski definition) is 1. The number of nitrogens with zero attached hydrogens (tertiary/aromatic N) is 3. The fraction of sp³-hybridized carbons (Fsp3) is 0.536. The van der Waals surface area contributed by atoms with E-state index in [0.717, 1.165) is 70.3 Å². The fourth-order valence-corrected chi connectivity index (χ4v) is 5.70. The molecule has 5 rings (SSSR count). The third kappa shape index (κ3) is 6.39. The van der Waals surface area contributed by atoms with E-state index in [4.69, 9.17) is 0 Å². The van der Waals surface area contributed by atoms with Crippen LogP contribution in [-0.2, 0) is 16.1 Å². The number of likely N-dealkylation sites (tertiary alicyclic amines) is 2. The first kappa shape index (κ1) is 28.4. The molecule has 36 heavy (non-hydrogen) atoms. The Hall–Kier alpha value is -2.15. The number of piperidine rings is 1. The molecule has 8 heteroatoms. The van der Waals surface area contributed by atoms with Gasteiger partial charge in [0, 0.05) is 37.9 Å². The summed E-state index contributed by atoms with van der Waals surface area (Å²) < 4.78 is 0. The number of halogens is 2. The molecule has 1 aromatic heterocycles. The normalized spacial score (nSPS) is 20.2.